The summed E-state index contributed by atoms with van der Waals surface area (Å²) >= 11 is 0. The van der Waals surface area contributed by atoms with Crippen molar-refractivity contribution in [3.63, 3.8) is 0 Å². The molecule has 5 nitrogen and oxygen atoms in total. The summed E-state index contributed by atoms with van der Waals surface area (Å²) in [5, 5.41) is 0. The van der Waals surface area contributed by atoms with Gasteiger partial charge in [0.2, 0.25) is 5.91 Å². The quantitative estimate of drug-likeness (QED) is 0.492. The molecule has 6 heteroatoms. The second-order valence-corrected chi connectivity index (χ2v) is 8.63. The number of amides is 1. The topological polar surface area (TPSA) is 55.8 Å². The maximum absolute atomic E-state index is 13.5. The lowest BCUT2D eigenvalue weighted by Gasteiger charge is -2.38. The molecular formula is C27H28FNO4. The highest BCUT2D eigenvalue weighted by Crippen LogP contribution is 2.34. The highest BCUT2D eigenvalue weighted by molar-refractivity contribution is 6.00. The van der Waals surface area contributed by atoms with E-state index in [1.165, 1.54) is 24.3 Å². The van der Waals surface area contributed by atoms with Crippen molar-refractivity contribution in [3.8, 4) is 18.1 Å². The van der Waals surface area contributed by atoms with Gasteiger partial charge in [0.15, 0.2) is 5.78 Å². The highest BCUT2D eigenvalue weighted by atomic mass is 19.1. The molecule has 2 aromatic rings. The summed E-state index contributed by atoms with van der Waals surface area (Å²) in [6.07, 6.45) is 8.38. The van der Waals surface area contributed by atoms with Crippen LogP contribution in [0.1, 0.15) is 41.6 Å². The van der Waals surface area contributed by atoms with Crippen LogP contribution in [0.15, 0.2) is 48.5 Å². The van der Waals surface area contributed by atoms with Crippen LogP contribution in [0.4, 0.5) is 4.39 Å². The molecule has 1 saturated carbocycles. The van der Waals surface area contributed by atoms with Crippen molar-refractivity contribution in [3.05, 3.63) is 65.5 Å². The molecule has 0 N–H and O–H groups in total. The molecule has 0 spiro atoms. The number of nitrogens with zero attached hydrogens (tertiary/aromatic N) is 1. The van der Waals surface area contributed by atoms with Crippen LogP contribution in [0, 0.1) is 30.0 Å². The van der Waals surface area contributed by atoms with E-state index in [4.69, 9.17) is 15.9 Å². The maximum Gasteiger partial charge on any atom is 0.226 e. The number of benzene rings is 2. The van der Waals surface area contributed by atoms with Gasteiger partial charge in [0, 0.05) is 29.5 Å². The van der Waals surface area contributed by atoms with Crippen LogP contribution in [0.2, 0.25) is 0 Å². The van der Waals surface area contributed by atoms with Gasteiger partial charge in [-0.15, -0.1) is 6.42 Å². The minimum Gasteiger partial charge on any atom is -0.491 e. The van der Waals surface area contributed by atoms with Crippen molar-refractivity contribution in [2.75, 3.05) is 26.3 Å². The summed E-state index contributed by atoms with van der Waals surface area (Å²) in [6.45, 7) is 1.64. The number of hydrogen-bond donors (Lipinski definition) is 0. The van der Waals surface area contributed by atoms with E-state index in [0.717, 1.165) is 18.4 Å². The lowest BCUT2D eigenvalue weighted by molar-refractivity contribution is -0.146. The molecule has 0 radical (unpaired) electrons. The summed E-state index contributed by atoms with van der Waals surface area (Å²) in [7, 11) is 0. The van der Waals surface area contributed by atoms with E-state index in [0.29, 0.717) is 50.5 Å². The van der Waals surface area contributed by atoms with Crippen LogP contribution in [0.25, 0.3) is 0 Å². The number of carbonyl (C=O) groups excluding carboxylic acids is 2. The number of ether oxygens (including phenoxy) is 2. The van der Waals surface area contributed by atoms with Crippen molar-refractivity contribution in [1.82, 2.24) is 4.90 Å². The molecule has 2 aliphatic rings. The Morgan fingerprint density at radius 1 is 1.12 bits per heavy atom. The Bertz CT molecular complexity index is 1030. The first kappa shape index (κ1) is 23.0. The number of terminal acetylenes is 1. The summed E-state index contributed by atoms with van der Waals surface area (Å²) in [4.78, 5) is 28.4. The summed E-state index contributed by atoms with van der Waals surface area (Å²) in [5.41, 5.74) is 1.20. The Morgan fingerprint density at radius 3 is 2.64 bits per heavy atom. The van der Waals surface area contributed by atoms with Crippen molar-refractivity contribution in [2.24, 2.45) is 11.8 Å². The third kappa shape index (κ3) is 5.61. The second-order valence-electron chi connectivity index (χ2n) is 8.63. The van der Waals surface area contributed by atoms with E-state index in [9.17, 15) is 14.0 Å². The number of ketones is 1. The van der Waals surface area contributed by atoms with Crippen LogP contribution in [-0.2, 0) is 9.53 Å². The Labute approximate surface area is 193 Å². The van der Waals surface area contributed by atoms with Gasteiger partial charge in [0.25, 0.3) is 0 Å². The summed E-state index contributed by atoms with van der Waals surface area (Å²) in [5.74, 6) is 2.05. The third-order valence-electron chi connectivity index (χ3n) is 6.44. The van der Waals surface area contributed by atoms with Crippen molar-refractivity contribution in [1.29, 1.82) is 0 Å². The Hall–Kier alpha value is -3.17. The molecule has 1 heterocycles. The predicted octanol–water partition coefficient (Wildman–Crippen LogP) is 4.10. The standard InChI is InChI=1S/C27H28FNO4/c1-2-19-6-5-7-22(16-19)33-18-23-17-29(14-15-32-23)27(31)25-9-4-3-8-24(25)26(30)20-10-12-21(28)13-11-20/h1,5-7,10-13,16,23-25H,3-4,8-9,14-15,17-18H2/t23?,24-,25-/m0/s1. The van der Waals surface area contributed by atoms with Crippen LogP contribution >= 0.6 is 0 Å². The monoisotopic (exact) mass is 449 g/mol. The molecule has 2 fully saturated rings. The molecule has 1 amide bonds. The average Bonchev–Trinajstić information content (AvgIpc) is 2.87. The zero-order valence-electron chi connectivity index (χ0n) is 18.5. The molecule has 1 saturated heterocycles. The molecule has 1 aliphatic carbocycles. The molecular weight excluding hydrogens is 421 g/mol. The number of halogens is 1. The molecule has 2 aromatic carbocycles. The molecule has 1 aliphatic heterocycles. The van der Waals surface area contributed by atoms with Crippen LogP contribution in [0.5, 0.6) is 5.75 Å². The molecule has 3 atom stereocenters. The van der Waals surface area contributed by atoms with Crippen LogP contribution in [0.3, 0.4) is 0 Å². The Kier molecular flexibility index (Phi) is 7.41. The number of carbonyl (C=O) groups is 2. The number of Topliss-reactive ketones (excluding diaryl/α,β-unsaturated/α-hetero) is 1. The fourth-order valence-electron chi connectivity index (χ4n) is 4.69. The van der Waals surface area contributed by atoms with E-state index < -0.39 is 0 Å². The van der Waals surface area contributed by atoms with Gasteiger partial charge in [-0.1, -0.05) is 24.8 Å². The van der Waals surface area contributed by atoms with Gasteiger partial charge in [0.1, 0.15) is 24.3 Å². The van der Waals surface area contributed by atoms with Gasteiger partial charge >= 0.3 is 0 Å². The third-order valence-corrected chi connectivity index (χ3v) is 6.44. The predicted molar refractivity (Wildman–Crippen MR) is 122 cm³/mol. The van der Waals surface area contributed by atoms with E-state index >= 15 is 0 Å². The zero-order chi connectivity index (χ0) is 23.2. The second kappa shape index (κ2) is 10.6. The van der Waals surface area contributed by atoms with E-state index in [1.54, 1.807) is 11.0 Å². The highest BCUT2D eigenvalue weighted by Gasteiger charge is 2.39. The van der Waals surface area contributed by atoms with Crippen LogP contribution < -0.4 is 4.74 Å². The van der Waals surface area contributed by atoms with Crippen molar-refractivity contribution >= 4 is 11.7 Å². The van der Waals surface area contributed by atoms with Gasteiger partial charge in [-0.05, 0) is 55.3 Å². The number of morpholine rings is 1. The lowest BCUT2D eigenvalue weighted by atomic mass is 9.74. The van der Waals surface area contributed by atoms with Gasteiger partial charge in [0.05, 0.1) is 13.2 Å². The van der Waals surface area contributed by atoms with Crippen molar-refractivity contribution < 1.29 is 23.5 Å². The van der Waals surface area contributed by atoms with Gasteiger partial charge in [-0.25, -0.2) is 4.39 Å². The van der Waals surface area contributed by atoms with Gasteiger partial charge in [-0.2, -0.15) is 0 Å². The minimum absolute atomic E-state index is 0.00205. The maximum atomic E-state index is 13.5. The Morgan fingerprint density at radius 2 is 1.88 bits per heavy atom. The Balaban J connectivity index is 1.39. The molecule has 4 rings (SSSR count). The largest absolute Gasteiger partial charge is 0.491 e. The lowest BCUT2D eigenvalue weighted by Crippen LogP contribution is -2.51. The van der Waals surface area contributed by atoms with Gasteiger partial charge < -0.3 is 14.4 Å². The van der Waals surface area contributed by atoms with Crippen LogP contribution in [-0.4, -0.2) is 49.0 Å². The first-order chi connectivity index (χ1) is 16.0. The van der Waals surface area contributed by atoms with E-state index in [-0.39, 0.29) is 35.4 Å². The molecule has 0 aromatic heterocycles. The normalized spacial score (nSPS) is 22.9. The molecule has 1 unspecified atom stereocenters. The van der Waals surface area contributed by atoms with Crippen molar-refractivity contribution in [2.45, 2.75) is 31.8 Å². The SMILES string of the molecule is C#Cc1cccc(OCC2CN(C(=O)[C@H]3CCCC[C@@H]3C(=O)c3ccc(F)cc3)CCO2)c1. The van der Waals surface area contributed by atoms with Gasteiger partial charge in [-0.3, -0.25) is 9.59 Å². The number of rotatable bonds is 6. The fraction of sp³-hybridized carbons (Fsp3) is 0.407. The summed E-state index contributed by atoms with van der Waals surface area (Å²) < 4.78 is 24.9. The fourth-order valence-corrected chi connectivity index (χ4v) is 4.69. The number of hydrogen-bond acceptors (Lipinski definition) is 4. The first-order valence-corrected chi connectivity index (χ1v) is 11.4. The molecule has 33 heavy (non-hydrogen) atoms. The first-order valence-electron chi connectivity index (χ1n) is 11.4. The van der Waals surface area contributed by atoms with E-state index in [1.807, 2.05) is 18.2 Å². The molecule has 0 bridgehead atoms. The average molecular weight is 450 g/mol. The summed E-state index contributed by atoms with van der Waals surface area (Å²) in [6, 6.07) is 12.9. The minimum atomic E-state index is -0.379. The molecule has 172 valence electrons. The smallest absolute Gasteiger partial charge is 0.226 e. The van der Waals surface area contributed by atoms with E-state index in [2.05, 4.69) is 5.92 Å². The zero-order valence-corrected chi connectivity index (χ0v) is 18.5.